The van der Waals surface area contributed by atoms with Gasteiger partial charge in [0.25, 0.3) is 0 Å². The first kappa shape index (κ1) is 24.5. The van der Waals surface area contributed by atoms with Crippen LogP contribution < -0.4 is 20.4 Å². The number of nitrogens with zero attached hydrogens (tertiary/aromatic N) is 4. The summed E-state index contributed by atoms with van der Waals surface area (Å²) in [5.41, 5.74) is 0.0578. The Kier molecular flexibility index (Phi) is 7.58. The number of aromatic nitrogens is 2. The highest BCUT2D eigenvalue weighted by atomic mass is 32.2. The first-order valence-electron chi connectivity index (χ1n) is 13.1. The maximum atomic E-state index is 6.87. The first-order chi connectivity index (χ1) is 17.0. The molecule has 190 valence electrons. The summed E-state index contributed by atoms with van der Waals surface area (Å²) in [7, 11) is 0. The second-order valence-corrected chi connectivity index (χ2v) is 11.4. The van der Waals surface area contributed by atoms with Gasteiger partial charge in [-0.3, -0.25) is 0 Å². The van der Waals surface area contributed by atoms with Crippen LogP contribution >= 0.6 is 11.8 Å². The van der Waals surface area contributed by atoms with Crippen molar-refractivity contribution < 1.29 is 4.74 Å². The second-order valence-electron chi connectivity index (χ2n) is 10.5. The summed E-state index contributed by atoms with van der Waals surface area (Å²) in [6.07, 6.45) is 8.23. The third-order valence-electron chi connectivity index (χ3n) is 7.66. The molecule has 0 bridgehead atoms. The molecule has 3 aliphatic heterocycles. The lowest BCUT2D eigenvalue weighted by Gasteiger charge is -2.40. The molecule has 7 nitrogen and oxygen atoms in total. The van der Waals surface area contributed by atoms with Gasteiger partial charge < -0.3 is 25.2 Å². The predicted octanol–water partition coefficient (Wildman–Crippen LogP) is 5.07. The van der Waals surface area contributed by atoms with E-state index in [1.165, 1.54) is 19.3 Å². The Morgan fingerprint density at radius 2 is 1.69 bits per heavy atom. The fourth-order valence-corrected chi connectivity index (χ4v) is 6.10. The van der Waals surface area contributed by atoms with Gasteiger partial charge in [-0.2, -0.15) is 0 Å². The van der Waals surface area contributed by atoms with Gasteiger partial charge in [0.05, 0.1) is 17.6 Å². The summed E-state index contributed by atoms with van der Waals surface area (Å²) in [6.45, 7) is 8.44. The van der Waals surface area contributed by atoms with Gasteiger partial charge in [0.2, 0.25) is 0 Å². The van der Waals surface area contributed by atoms with Gasteiger partial charge in [-0.1, -0.05) is 12.1 Å². The number of nitrogens with one attached hydrogen (secondary N) is 2. The Labute approximate surface area is 214 Å². The van der Waals surface area contributed by atoms with Gasteiger partial charge >= 0.3 is 0 Å². The lowest BCUT2D eigenvalue weighted by atomic mass is 9.88. The fraction of sp³-hybridized carbons (Fsp3) is 0.630. The average molecular weight is 497 g/mol. The van der Waals surface area contributed by atoms with Gasteiger partial charge in [0, 0.05) is 38.1 Å². The van der Waals surface area contributed by atoms with Crippen LogP contribution in [-0.2, 0) is 4.74 Å². The third kappa shape index (κ3) is 5.80. The summed E-state index contributed by atoms with van der Waals surface area (Å²) >= 11 is 1.77. The van der Waals surface area contributed by atoms with E-state index in [-0.39, 0.29) is 5.60 Å². The minimum absolute atomic E-state index is 0.0578. The van der Waals surface area contributed by atoms with Crippen LogP contribution in [0.25, 0.3) is 0 Å². The van der Waals surface area contributed by atoms with Gasteiger partial charge in [-0.25, -0.2) is 9.97 Å². The topological polar surface area (TPSA) is 65.5 Å². The summed E-state index contributed by atoms with van der Waals surface area (Å²) in [5.74, 6) is 5.56. The van der Waals surface area contributed by atoms with Crippen molar-refractivity contribution in [3.63, 3.8) is 0 Å². The zero-order chi connectivity index (χ0) is 24.3. The maximum Gasteiger partial charge on any atom is 0.130 e. The molecule has 2 N–H and O–H groups in total. The number of anilines is 4. The fourth-order valence-electron chi connectivity index (χ4n) is 5.81. The zero-order valence-electron chi connectivity index (χ0n) is 21.4. The van der Waals surface area contributed by atoms with Crippen LogP contribution in [0.2, 0.25) is 0 Å². The van der Waals surface area contributed by atoms with Crippen LogP contribution in [0.3, 0.4) is 0 Å². The van der Waals surface area contributed by atoms with E-state index in [1.807, 2.05) is 0 Å². The molecule has 3 aliphatic rings. The maximum absolute atomic E-state index is 6.87. The van der Waals surface area contributed by atoms with E-state index in [4.69, 9.17) is 14.7 Å². The number of hydrogen-bond donors (Lipinski definition) is 2. The molecule has 3 saturated heterocycles. The molecule has 2 unspecified atom stereocenters. The smallest absolute Gasteiger partial charge is 0.130 e. The number of rotatable bonds is 8. The molecular formula is C27H40N6OS. The van der Waals surface area contributed by atoms with Crippen molar-refractivity contribution in [2.45, 2.75) is 63.7 Å². The molecule has 0 aliphatic carbocycles. The monoisotopic (exact) mass is 496 g/mol. The summed E-state index contributed by atoms with van der Waals surface area (Å²) in [6, 6.07) is 13.0. The van der Waals surface area contributed by atoms with Gasteiger partial charge in [0.15, 0.2) is 0 Å². The molecule has 8 heteroatoms. The number of piperidine rings is 1. The molecule has 2 aromatic rings. The minimum Gasteiger partial charge on any atom is -0.371 e. The average Bonchev–Trinajstić information content (AvgIpc) is 3.51. The predicted molar refractivity (Wildman–Crippen MR) is 148 cm³/mol. The highest BCUT2D eigenvalue weighted by molar-refractivity contribution is 7.98. The molecule has 2 aromatic heterocycles. The normalized spacial score (nSPS) is 23.9. The molecule has 1 spiro atoms. The molecule has 35 heavy (non-hydrogen) atoms. The van der Waals surface area contributed by atoms with Crippen LogP contribution in [0.1, 0.15) is 46.0 Å². The quantitative estimate of drug-likeness (QED) is 0.491. The van der Waals surface area contributed by atoms with Crippen LogP contribution in [0.5, 0.6) is 0 Å². The van der Waals surface area contributed by atoms with Crippen molar-refractivity contribution in [1.82, 2.24) is 9.97 Å². The Morgan fingerprint density at radius 1 is 0.971 bits per heavy atom. The number of thioether (sulfide) groups is 1. The van der Waals surface area contributed by atoms with E-state index in [0.717, 1.165) is 68.2 Å². The Morgan fingerprint density at radius 3 is 2.43 bits per heavy atom. The standard InChI is InChI=1S/C27H40N6OS/c1-20(2)29-24-7-5-8-25(31-24)32-16-13-27(14-17-32)12-10-22(34-27)21-11-15-33(18-21)26-9-4-6-23(30-26)28-19-35-3/h4-9,20-22H,10-19H2,1-3H3,(H,28,30)(H,29,31). The van der Waals surface area contributed by atoms with E-state index in [2.05, 4.69) is 76.9 Å². The highest BCUT2D eigenvalue weighted by Crippen LogP contribution is 2.43. The number of ether oxygens (including phenoxy) is 1. The molecule has 5 rings (SSSR count). The van der Waals surface area contributed by atoms with E-state index >= 15 is 0 Å². The molecule has 0 aromatic carbocycles. The van der Waals surface area contributed by atoms with Crippen LogP contribution in [0.4, 0.5) is 23.3 Å². The van der Waals surface area contributed by atoms with Gasteiger partial charge in [-0.15, -0.1) is 11.8 Å². The largest absolute Gasteiger partial charge is 0.371 e. The summed E-state index contributed by atoms with van der Waals surface area (Å²) in [4.78, 5) is 14.6. The Hall–Kier alpha value is -2.19. The van der Waals surface area contributed by atoms with Crippen molar-refractivity contribution in [2.75, 3.05) is 58.7 Å². The van der Waals surface area contributed by atoms with Crippen molar-refractivity contribution in [3.05, 3.63) is 36.4 Å². The zero-order valence-corrected chi connectivity index (χ0v) is 22.2. The molecular weight excluding hydrogens is 456 g/mol. The number of pyridine rings is 2. The summed E-state index contributed by atoms with van der Waals surface area (Å²) in [5, 5.41) is 6.80. The molecule has 0 amide bonds. The molecule has 0 saturated carbocycles. The van der Waals surface area contributed by atoms with Crippen molar-refractivity contribution in [2.24, 2.45) is 5.92 Å². The van der Waals surface area contributed by atoms with Crippen LogP contribution in [0.15, 0.2) is 36.4 Å². The molecule has 0 radical (unpaired) electrons. The van der Waals surface area contributed by atoms with Crippen molar-refractivity contribution >= 4 is 35.0 Å². The Balaban J connectivity index is 1.14. The lowest BCUT2D eigenvalue weighted by Crippen LogP contribution is -2.45. The van der Waals surface area contributed by atoms with E-state index < -0.39 is 0 Å². The Bertz CT molecular complexity index is 980. The summed E-state index contributed by atoms with van der Waals surface area (Å²) < 4.78 is 6.87. The second kappa shape index (κ2) is 10.8. The first-order valence-corrected chi connectivity index (χ1v) is 14.5. The van der Waals surface area contributed by atoms with Gasteiger partial charge in [0.1, 0.15) is 23.3 Å². The molecule has 2 atom stereocenters. The van der Waals surface area contributed by atoms with E-state index in [9.17, 15) is 0 Å². The van der Waals surface area contributed by atoms with Crippen LogP contribution in [-0.4, -0.2) is 66.0 Å². The molecule has 5 heterocycles. The van der Waals surface area contributed by atoms with Crippen molar-refractivity contribution in [1.29, 1.82) is 0 Å². The highest BCUT2D eigenvalue weighted by Gasteiger charge is 2.46. The lowest BCUT2D eigenvalue weighted by molar-refractivity contribution is -0.0724. The molecule has 3 fully saturated rings. The van der Waals surface area contributed by atoms with E-state index in [1.54, 1.807) is 11.8 Å². The van der Waals surface area contributed by atoms with Gasteiger partial charge in [-0.05, 0) is 76.5 Å². The minimum atomic E-state index is 0.0578. The SMILES string of the molecule is CSCNc1cccc(N2CCC(C3CCC4(CCN(c5cccc(NC(C)C)n5)CC4)O3)C2)n1. The van der Waals surface area contributed by atoms with Crippen molar-refractivity contribution in [3.8, 4) is 0 Å². The number of hydrogen-bond acceptors (Lipinski definition) is 8. The third-order valence-corrected chi connectivity index (χ3v) is 8.09. The van der Waals surface area contributed by atoms with Crippen LogP contribution in [0, 0.1) is 5.92 Å². The van der Waals surface area contributed by atoms with E-state index in [0.29, 0.717) is 18.1 Å².